The Balaban J connectivity index is 1.96. The molecule has 2 aromatic heterocycles. The summed E-state index contributed by atoms with van der Waals surface area (Å²) in [6, 6.07) is 13.3. The topological polar surface area (TPSA) is 86.7 Å². The quantitative estimate of drug-likeness (QED) is 0.779. The maximum Gasteiger partial charge on any atom is 0.223 e. The second-order valence-electron chi connectivity index (χ2n) is 4.91. The lowest BCUT2D eigenvalue weighted by molar-refractivity contribution is -0.117. The molecule has 0 atom stereocenters. The van der Waals surface area contributed by atoms with Gasteiger partial charge in [0.2, 0.25) is 5.91 Å². The van der Waals surface area contributed by atoms with E-state index < -0.39 is 5.91 Å². The number of amides is 1. The lowest BCUT2D eigenvalue weighted by atomic mass is 10.2. The number of hydrogen-bond donors (Lipinski definition) is 1. The fourth-order valence-corrected chi connectivity index (χ4v) is 2.10. The van der Waals surface area contributed by atoms with Gasteiger partial charge in [0.15, 0.2) is 11.6 Å². The maximum absolute atomic E-state index is 11.2. The monoisotopic (exact) mass is 305 g/mol. The average Bonchev–Trinajstić information content (AvgIpc) is 3.08. The molecule has 2 heterocycles. The molecule has 0 radical (unpaired) electrons. The van der Waals surface area contributed by atoms with Crippen molar-refractivity contribution in [1.29, 1.82) is 0 Å². The van der Waals surface area contributed by atoms with Gasteiger partial charge in [0.25, 0.3) is 0 Å². The summed E-state index contributed by atoms with van der Waals surface area (Å²) in [5, 5.41) is 4.15. The lowest BCUT2D eigenvalue weighted by Crippen LogP contribution is -2.16. The fraction of sp³-hybridized carbons (Fsp3) is 0.0588. The molecule has 0 unspecified atom stereocenters. The third-order valence-corrected chi connectivity index (χ3v) is 3.10. The predicted molar refractivity (Wildman–Crippen MR) is 87.4 cm³/mol. The van der Waals surface area contributed by atoms with Crippen molar-refractivity contribution in [3.8, 4) is 5.82 Å². The van der Waals surface area contributed by atoms with Crippen molar-refractivity contribution in [3.05, 3.63) is 71.9 Å². The minimum Gasteiger partial charge on any atom is -0.369 e. The second-order valence-corrected chi connectivity index (χ2v) is 4.91. The van der Waals surface area contributed by atoms with Crippen molar-refractivity contribution in [1.82, 2.24) is 19.7 Å². The fourth-order valence-electron chi connectivity index (χ4n) is 2.10. The molecule has 1 aromatic carbocycles. The number of aromatic nitrogens is 4. The highest BCUT2D eigenvalue weighted by molar-refractivity contribution is 5.76. The molecule has 6 heteroatoms. The van der Waals surface area contributed by atoms with Gasteiger partial charge >= 0.3 is 0 Å². The molecule has 3 aromatic rings. The summed E-state index contributed by atoms with van der Waals surface area (Å²) >= 11 is 0. The summed E-state index contributed by atoms with van der Waals surface area (Å²) in [4.78, 5) is 20.0. The number of carbonyl (C=O) groups is 1. The maximum atomic E-state index is 11.2. The number of rotatable bonds is 5. The van der Waals surface area contributed by atoms with E-state index in [4.69, 9.17) is 5.73 Å². The molecule has 0 fully saturated rings. The summed E-state index contributed by atoms with van der Waals surface area (Å²) in [6.07, 6.45) is 7.21. The third kappa shape index (κ3) is 3.88. The average molecular weight is 305 g/mol. The van der Waals surface area contributed by atoms with E-state index in [9.17, 15) is 4.79 Å². The van der Waals surface area contributed by atoms with Crippen LogP contribution in [-0.4, -0.2) is 25.7 Å². The highest BCUT2D eigenvalue weighted by Gasteiger charge is 2.07. The Morgan fingerprint density at radius 1 is 1.13 bits per heavy atom. The van der Waals surface area contributed by atoms with E-state index >= 15 is 0 Å². The molecule has 0 aliphatic carbocycles. The molecule has 0 aliphatic heterocycles. The molecule has 0 saturated carbocycles. The van der Waals surface area contributed by atoms with Crippen LogP contribution in [0.1, 0.15) is 17.1 Å². The van der Waals surface area contributed by atoms with E-state index in [0.29, 0.717) is 17.3 Å². The molecule has 2 N–H and O–H groups in total. The van der Waals surface area contributed by atoms with Crippen LogP contribution in [0.15, 0.2) is 54.9 Å². The van der Waals surface area contributed by atoms with E-state index in [-0.39, 0.29) is 6.42 Å². The molecule has 0 aliphatic rings. The number of hydrogen-bond acceptors (Lipinski definition) is 4. The van der Waals surface area contributed by atoms with Crippen LogP contribution in [0.4, 0.5) is 0 Å². The van der Waals surface area contributed by atoms with Crippen LogP contribution in [-0.2, 0) is 11.2 Å². The van der Waals surface area contributed by atoms with Crippen LogP contribution in [0, 0.1) is 0 Å². The van der Waals surface area contributed by atoms with Gasteiger partial charge < -0.3 is 5.73 Å². The predicted octanol–water partition coefficient (Wildman–Crippen LogP) is 1.86. The SMILES string of the molecule is NC(=O)Cc1cc(-n2cccn2)nc(/C=C/c2ccccc2)n1. The Hall–Kier alpha value is -3.28. The third-order valence-electron chi connectivity index (χ3n) is 3.10. The van der Waals surface area contributed by atoms with Gasteiger partial charge in [-0.2, -0.15) is 5.10 Å². The van der Waals surface area contributed by atoms with Crippen LogP contribution in [0.25, 0.3) is 18.0 Å². The first-order valence-corrected chi connectivity index (χ1v) is 7.10. The van der Waals surface area contributed by atoms with Gasteiger partial charge in [0, 0.05) is 18.5 Å². The van der Waals surface area contributed by atoms with Crippen LogP contribution in [0.5, 0.6) is 0 Å². The Kier molecular flexibility index (Phi) is 4.24. The van der Waals surface area contributed by atoms with Gasteiger partial charge in [0.05, 0.1) is 12.1 Å². The highest BCUT2D eigenvalue weighted by Crippen LogP contribution is 2.10. The van der Waals surface area contributed by atoms with E-state index in [1.807, 2.05) is 36.4 Å². The van der Waals surface area contributed by atoms with Crippen LogP contribution in [0.2, 0.25) is 0 Å². The molecule has 3 rings (SSSR count). The first-order chi connectivity index (χ1) is 11.2. The number of nitrogens with two attached hydrogens (primary N) is 1. The Morgan fingerprint density at radius 2 is 1.96 bits per heavy atom. The number of nitrogens with zero attached hydrogens (tertiary/aromatic N) is 4. The molecular formula is C17H15N5O. The minimum atomic E-state index is -0.437. The Labute approximate surface area is 133 Å². The van der Waals surface area contributed by atoms with Crippen molar-refractivity contribution >= 4 is 18.1 Å². The van der Waals surface area contributed by atoms with Crippen molar-refractivity contribution in [2.24, 2.45) is 5.73 Å². The van der Waals surface area contributed by atoms with Crippen molar-refractivity contribution in [2.45, 2.75) is 6.42 Å². The van der Waals surface area contributed by atoms with Gasteiger partial charge in [-0.25, -0.2) is 14.6 Å². The standard InChI is InChI=1S/C17H15N5O/c18-15(23)11-14-12-17(22-10-4-9-19-22)21-16(20-14)8-7-13-5-2-1-3-6-13/h1-10,12H,11H2,(H2,18,23)/b8-7+. The normalized spacial score (nSPS) is 11.0. The van der Waals surface area contributed by atoms with Crippen LogP contribution < -0.4 is 5.73 Å². The van der Waals surface area contributed by atoms with Gasteiger partial charge in [-0.05, 0) is 17.7 Å². The van der Waals surface area contributed by atoms with Crippen molar-refractivity contribution < 1.29 is 4.79 Å². The molecule has 23 heavy (non-hydrogen) atoms. The van der Waals surface area contributed by atoms with E-state index in [1.165, 1.54) is 0 Å². The molecule has 1 amide bonds. The van der Waals surface area contributed by atoms with Gasteiger partial charge in [-0.15, -0.1) is 0 Å². The van der Waals surface area contributed by atoms with Gasteiger partial charge in [-0.3, -0.25) is 4.79 Å². The highest BCUT2D eigenvalue weighted by atomic mass is 16.1. The molecular weight excluding hydrogens is 290 g/mol. The molecule has 114 valence electrons. The van der Waals surface area contributed by atoms with E-state index in [1.54, 1.807) is 35.3 Å². The summed E-state index contributed by atoms with van der Waals surface area (Å²) in [7, 11) is 0. The number of carbonyl (C=O) groups excluding carboxylic acids is 1. The largest absolute Gasteiger partial charge is 0.369 e. The molecule has 6 nitrogen and oxygen atoms in total. The summed E-state index contributed by atoms with van der Waals surface area (Å²) in [6.45, 7) is 0. The first-order valence-electron chi connectivity index (χ1n) is 7.10. The lowest BCUT2D eigenvalue weighted by Gasteiger charge is -2.05. The van der Waals surface area contributed by atoms with Gasteiger partial charge in [0.1, 0.15) is 0 Å². The molecule has 0 saturated heterocycles. The van der Waals surface area contributed by atoms with Gasteiger partial charge in [-0.1, -0.05) is 36.4 Å². The molecule has 0 spiro atoms. The number of benzene rings is 1. The van der Waals surface area contributed by atoms with E-state index in [2.05, 4.69) is 15.1 Å². The van der Waals surface area contributed by atoms with E-state index in [0.717, 1.165) is 5.56 Å². The Morgan fingerprint density at radius 3 is 2.65 bits per heavy atom. The van der Waals surface area contributed by atoms with Crippen molar-refractivity contribution in [2.75, 3.05) is 0 Å². The zero-order valence-corrected chi connectivity index (χ0v) is 12.3. The Bertz CT molecular complexity index is 825. The molecule has 0 bridgehead atoms. The number of primary amides is 1. The minimum absolute atomic E-state index is 0.0585. The summed E-state index contributed by atoms with van der Waals surface area (Å²) < 4.78 is 1.62. The zero-order chi connectivity index (χ0) is 16.1. The zero-order valence-electron chi connectivity index (χ0n) is 12.3. The smallest absolute Gasteiger partial charge is 0.223 e. The van der Waals surface area contributed by atoms with Crippen LogP contribution >= 0.6 is 0 Å². The first kappa shape index (κ1) is 14.6. The second kappa shape index (κ2) is 6.65. The summed E-state index contributed by atoms with van der Waals surface area (Å²) in [5.74, 6) is 0.653. The van der Waals surface area contributed by atoms with Crippen LogP contribution in [0.3, 0.4) is 0 Å². The summed E-state index contributed by atoms with van der Waals surface area (Å²) in [5.41, 5.74) is 6.87. The van der Waals surface area contributed by atoms with Crippen molar-refractivity contribution in [3.63, 3.8) is 0 Å².